The lowest BCUT2D eigenvalue weighted by molar-refractivity contribution is -0.133. The molecule has 0 aliphatic carbocycles. The molecule has 0 fully saturated rings. The van der Waals surface area contributed by atoms with Crippen LogP contribution >= 0.6 is 0 Å². The molecule has 112 valence electrons. The molecule has 0 atom stereocenters. The largest absolute Gasteiger partial charge is 0.478 e. The van der Waals surface area contributed by atoms with Crippen molar-refractivity contribution in [3.63, 3.8) is 0 Å². The second-order valence-electron chi connectivity index (χ2n) is 4.99. The highest BCUT2D eigenvalue weighted by molar-refractivity contribution is 6.07. The number of carboxylic acids is 1. The number of carbonyl (C=O) groups is 4. The predicted molar refractivity (Wildman–Crippen MR) is 70.6 cm³/mol. The Bertz CT molecular complexity index is 479. The van der Waals surface area contributed by atoms with Gasteiger partial charge in [0.1, 0.15) is 0 Å². The van der Waals surface area contributed by atoms with Gasteiger partial charge in [-0.1, -0.05) is 0 Å². The van der Waals surface area contributed by atoms with Gasteiger partial charge in [0.25, 0.3) is 5.91 Å². The minimum absolute atomic E-state index is 0.0830. The number of carbonyl (C=O) groups excluding carboxylic acids is 3. The molecular weight excluding hydrogens is 266 g/mol. The van der Waals surface area contributed by atoms with Crippen molar-refractivity contribution < 1.29 is 24.3 Å². The van der Waals surface area contributed by atoms with Gasteiger partial charge in [-0.25, -0.2) is 9.59 Å². The first-order valence-corrected chi connectivity index (χ1v) is 5.79. The van der Waals surface area contributed by atoms with Crippen molar-refractivity contribution in [2.45, 2.75) is 39.7 Å². The van der Waals surface area contributed by atoms with Crippen LogP contribution in [0.2, 0.25) is 0 Å². The molecule has 8 nitrogen and oxygen atoms in total. The van der Waals surface area contributed by atoms with Crippen LogP contribution < -0.4 is 16.4 Å². The quantitative estimate of drug-likeness (QED) is 0.522. The Kier molecular flexibility index (Phi) is 5.89. The lowest BCUT2D eigenvalue weighted by atomic mass is 10.0. The molecule has 0 aromatic rings. The van der Waals surface area contributed by atoms with E-state index in [1.54, 1.807) is 13.8 Å². The maximum Gasteiger partial charge on any atom is 0.331 e. The molecule has 20 heavy (non-hydrogen) atoms. The van der Waals surface area contributed by atoms with E-state index in [9.17, 15) is 19.2 Å². The third kappa shape index (κ3) is 5.98. The molecular formula is C12H19N3O5. The van der Waals surface area contributed by atoms with Crippen molar-refractivity contribution >= 4 is 23.8 Å². The Hall–Kier alpha value is -2.38. The molecule has 4 amide bonds. The van der Waals surface area contributed by atoms with Gasteiger partial charge in [-0.15, -0.1) is 0 Å². The second-order valence-corrected chi connectivity index (χ2v) is 4.99. The minimum atomic E-state index is -1.24. The van der Waals surface area contributed by atoms with E-state index in [4.69, 9.17) is 10.8 Å². The van der Waals surface area contributed by atoms with E-state index < -0.39 is 29.4 Å². The molecule has 0 rings (SSSR count). The van der Waals surface area contributed by atoms with Crippen molar-refractivity contribution in [3.05, 3.63) is 11.1 Å². The fraction of sp³-hybridized carbons (Fsp3) is 0.500. The highest BCUT2D eigenvalue weighted by atomic mass is 16.4. The third-order valence-electron chi connectivity index (χ3n) is 2.52. The van der Waals surface area contributed by atoms with Crippen LogP contribution in [0.3, 0.4) is 0 Å². The molecule has 0 radical (unpaired) electrons. The van der Waals surface area contributed by atoms with Crippen LogP contribution in [0.25, 0.3) is 0 Å². The van der Waals surface area contributed by atoms with Gasteiger partial charge in [0.2, 0.25) is 5.91 Å². The average Bonchev–Trinajstić information content (AvgIpc) is 2.23. The molecule has 0 aromatic carbocycles. The number of rotatable bonds is 5. The maximum atomic E-state index is 11.6. The average molecular weight is 285 g/mol. The van der Waals surface area contributed by atoms with Gasteiger partial charge < -0.3 is 16.2 Å². The molecule has 5 N–H and O–H groups in total. The van der Waals surface area contributed by atoms with E-state index in [1.807, 2.05) is 5.32 Å². The monoisotopic (exact) mass is 285 g/mol. The van der Waals surface area contributed by atoms with Gasteiger partial charge in [0, 0.05) is 23.1 Å². The summed E-state index contributed by atoms with van der Waals surface area (Å²) in [5.74, 6) is -2.66. The molecule has 0 heterocycles. The summed E-state index contributed by atoms with van der Waals surface area (Å²) in [4.78, 5) is 44.7. The number of hydrogen-bond acceptors (Lipinski definition) is 4. The molecule has 0 unspecified atom stereocenters. The first-order chi connectivity index (χ1) is 8.96. The number of nitrogens with one attached hydrogen (secondary N) is 2. The minimum Gasteiger partial charge on any atom is -0.478 e. The zero-order valence-corrected chi connectivity index (χ0v) is 11.9. The van der Waals surface area contributed by atoms with Crippen LogP contribution in [0.5, 0.6) is 0 Å². The molecule has 0 spiro atoms. The van der Waals surface area contributed by atoms with Crippen molar-refractivity contribution in [1.29, 1.82) is 0 Å². The molecule has 0 aromatic heterocycles. The SMILES string of the molecule is CC(C(=O)O)=C(C)C(=O)NC(=O)NC(C)(C)CC(N)=O. The van der Waals surface area contributed by atoms with Crippen LogP contribution in [0, 0.1) is 0 Å². The molecule has 8 heteroatoms. The number of nitrogens with two attached hydrogens (primary N) is 1. The predicted octanol–water partition coefficient (Wildman–Crippen LogP) is -0.113. The third-order valence-corrected chi connectivity index (χ3v) is 2.52. The van der Waals surface area contributed by atoms with Crippen LogP contribution in [0.15, 0.2) is 11.1 Å². The molecule has 0 bridgehead atoms. The maximum absolute atomic E-state index is 11.6. The van der Waals surface area contributed by atoms with Gasteiger partial charge >= 0.3 is 12.0 Å². The van der Waals surface area contributed by atoms with Gasteiger partial charge in [-0.2, -0.15) is 0 Å². The Morgan fingerprint density at radius 2 is 1.60 bits per heavy atom. The second kappa shape index (κ2) is 6.69. The van der Waals surface area contributed by atoms with Crippen molar-refractivity contribution in [2.75, 3.05) is 0 Å². The molecule has 0 saturated carbocycles. The Morgan fingerprint density at radius 1 is 1.10 bits per heavy atom. The summed E-state index contributed by atoms with van der Waals surface area (Å²) in [6.45, 7) is 5.67. The number of primary amides is 1. The Labute approximate surface area is 116 Å². The first kappa shape index (κ1) is 17.6. The number of aliphatic carboxylic acids is 1. The number of hydrogen-bond donors (Lipinski definition) is 4. The number of amides is 4. The van der Waals surface area contributed by atoms with E-state index in [-0.39, 0.29) is 17.6 Å². The van der Waals surface area contributed by atoms with Crippen molar-refractivity contribution in [3.8, 4) is 0 Å². The van der Waals surface area contributed by atoms with Crippen LogP contribution in [0.1, 0.15) is 34.1 Å². The van der Waals surface area contributed by atoms with Gasteiger partial charge in [0.15, 0.2) is 0 Å². The van der Waals surface area contributed by atoms with Crippen LogP contribution in [-0.2, 0) is 14.4 Å². The standard InChI is InChI=1S/C12H19N3O5/c1-6(7(2)10(18)19)9(17)14-11(20)15-12(3,4)5-8(13)16/h5H2,1-4H3,(H2,13,16)(H,18,19)(H2,14,15,17,20). The number of urea groups is 1. The summed E-state index contributed by atoms with van der Waals surface area (Å²) in [5.41, 5.74) is 3.86. The van der Waals surface area contributed by atoms with Gasteiger partial charge in [-0.3, -0.25) is 14.9 Å². The Morgan fingerprint density at radius 3 is 2.00 bits per heavy atom. The zero-order chi connectivity index (χ0) is 16.1. The summed E-state index contributed by atoms with van der Waals surface area (Å²) < 4.78 is 0. The molecule has 0 aliphatic heterocycles. The zero-order valence-electron chi connectivity index (χ0n) is 11.9. The van der Waals surface area contributed by atoms with E-state index in [1.165, 1.54) is 13.8 Å². The normalized spacial score (nSPS) is 12.2. The van der Waals surface area contributed by atoms with E-state index >= 15 is 0 Å². The Balaban J connectivity index is 4.71. The fourth-order valence-electron chi connectivity index (χ4n) is 1.35. The van der Waals surface area contributed by atoms with Gasteiger partial charge in [0.05, 0.1) is 0 Å². The van der Waals surface area contributed by atoms with Crippen LogP contribution in [0.4, 0.5) is 4.79 Å². The lowest BCUT2D eigenvalue weighted by Gasteiger charge is -2.24. The van der Waals surface area contributed by atoms with Crippen molar-refractivity contribution in [1.82, 2.24) is 10.6 Å². The fourth-order valence-corrected chi connectivity index (χ4v) is 1.35. The number of carboxylic acid groups (broad SMARTS) is 1. The first-order valence-electron chi connectivity index (χ1n) is 5.79. The van der Waals surface area contributed by atoms with E-state index in [2.05, 4.69) is 5.32 Å². The highest BCUT2D eigenvalue weighted by Crippen LogP contribution is 2.07. The van der Waals surface area contributed by atoms with E-state index in [0.29, 0.717) is 0 Å². The van der Waals surface area contributed by atoms with Gasteiger partial charge in [-0.05, 0) is 27.7 Å². The summed E-state index contributed by atoms with van der Waals surface area (Å²) in [7, 11) is 0. The lowest BCUT2D eigenvalue weighted by Crippen LogP contribution is -2.51. The molecule has 0 saturated heterocycles. The smallest absolute Gasteiger partial charge is 0.331 e. The number of imide groups is 1. The summed E-state index contributed by atoms with van der Waals surface area (Å²) in [6, 6.07) is -0.834. The van der Waals surface area contributed by atoms with Crippen LogP contribution in [-0.4, -0.2) is 34.5 Å². The van der Waals surface area contributed by atoms with E-state index in [0.717, 1.165) is 0 Å². The molecule has 0 aliphatic rings. The highest BCUT2D eigenvalue weighted by Gasteiger charge is 2.24. The van der Waals surface area contributed by atoms with Crippen molar-refractivity contribution in [2.24, 2.45) is 5.73 Å². The summed E-state index contributed by atoms with van der Waals surface area (Å²) >= 11 is 0. The topological polar surface area (TPSA) is 139 Å². The summed E-state index contributed by atoms with van der Waals surface area (Å²) in [5, 5.41) is 13.1. The summed E-state index contributed by atoms with van der Waals surface area (Å²) in [6.07, 6.45) is -0.0996.